The Labute approximate surface area is 165 Å². The highest BCUT2D eigenvalue weighted by molar-refractivity contribution is 5.92. The molecule has 2 fully saturated rings. The maximum atomic E-state index is 12.3. The second-order valence-corrected chi connectivity index (χ2v) is 7.58. The van der Waals surface area contributed by atoms with E-state index in [-0.39, 0.29) is 18.0 Å². The van der Waals surface area contributed by atoms with Crippen LogP contribution in [0.4, 0.5) is 0 Å². The zero-order chi connectivity index (χ0) is 19.3. The molecule has 28 heavy (non-hydrogen) atoms. The monoisotopic (exact) mass is 381 g/mol. The first-order valence-electron chi connectivity index (χ1n) is 9.86. The van der Waals surface area contributed by atoms with Gasteiger partial charge in [0.2, 0.25) is 0 Å². The van der Waals surface area contributed by atoms with Crippen LogP contribution in [-0.2, 0) is 0 Å². The fourth-order valence-corrected chi connectivity index (χ4v) is 4.12. The van der Waals surface area contributed by atoms with Crippen molar-refractivity contribution >= 4 is 5.91 Å². The van der Waals surface area contributed by atoms with Crippen LogP contribution in [0.3, 0.4) is 0 Å². The number of nitrogens with zero attached hydrogens (tertiary/aromatic N) is 2. The van der Waals surface area contributed by atoms with E-state index < -0.39 is 6.10 Å². The standard InChI is InChI=1S/C21H27N5O2/c27-19-14-26(11-9-17(19)24-21(28)18-8-4-5-10-22-18)13-16-12-23-25-20(16)15-6-2-1-3-7-15/h1-8,10,16-17,19-20,23,25,27H,9,11-14H2,(H,24,28)/t16?,17-,19-,20?/m1/s1. The number of rotatable bonds is 5. The molecule has 0 radical (unpaired) electrons. The van der Waals surface area contributed by atoms with Gasteiger partial charge in [-0.25, -0.2) is 5.43 Å². The summed E-state index contributed by atoms with van der Waals surface area (Å²) in [5.41, 5.74) is 8.30. The molecule has 2 saturated heterocycles. The summed E-state index contributed by atoms with van der Waals surface area (Å²) in [6.07, 6.45) is 1.74. The molecule has 7 nitrogen and oxygen atoms in total. The fraction of sp³-hybridized carbons (Fsp3) is 0.429. The lowest BCUT2D eigenvalue weighted by Gasteiger charge is -2.38. The fourth-order valence-electron chi connectivity index (χ4n) is 4.12. The number of amides is 1. The third-order valence-corrected chi connectivity index (χ3v) is 5.62. The summed E-state index contributed by atoms with van der Waals surface area (Å²) in [6, 6.07) is 15.7. The SMILES string of the molecule is O=C(N[C@@H]1CCN(CC2CNNC2c2ccccc2)C[C@H]1O)c1ccccn1. The number of hydrogen-bond donors (Lipinski definition) is 4. The maximum absolute atomic E-state index is 12.3. The van der Waals surface area contributed by atoms with E-state index in [4.69, 9.17) is 0 Å². The number of piperidine rings is 1. The molecule has 0 bridgehead atoms. The number of benzene rings is 1. The van der Waals surface area contributed by atoms with Gasteiger partial charge in [-0.3, -0.25) is 15.2 Å². The van der Waals surface area contributed by atoms with Crippen molar-refractivity contribution in [3.8, 4) is 0 Å². The number of aliphatic hydroxyl groups is 1. The van der Waals surface area contributed by atoms with E-state index >= 15 is 0 Å². The van der Waals surface area contributed by atoms with Crippen molar-refractivity contribution in [3.63, 3.8) is 0 Å². The Bertz CT molecular complexity index is 773. The molecule has 4 N–H and O–H groups in total. The van der Waals surface area contributed by atoms with Crippen LogP contribution >= 0.6 is 0 Å². The van der Waals surface area contributed by atoms with Gasteiger partial charge in [-0.15, -0.1) is 0 Å². The van der Waals surface area contributed by atoms with Gasteiger partial charge in [-0.2, -0.15) is 0 Å². The second-order valence-electron chi connectivity index (χ2n) is 7.58. The van der Waals surface area contributed by atoms with Crippen LogP contribution in [0.25, 0.3) is 0 Å². The Morgan fingerprint density at radius 3 is 2.79 bits per heavy atom. The van der Waals surface area contributed by atoms with Gasteiger partial charge < -0.3 is 15.3 Å². The van der Waals surface area contributed by atoms with Crippen LogP contribution < -0.4 is 16.2 Å². The number of aromatic nitrogens is 1. The van der Waals surface area contributed by atoms with Crippen molar-refractivity contribution in [1.29, 1.82) is 0 Å². The molecule has 2 aliphatic heterocycles. The Hall–Kier alpha value is -2.32. The number of pyridine rings is 1. The molecule has 4 rings (SSSR count). The first-order chi connectivity index (χ1) is 13.7. The highest BCUT2D eigenvalue weighted by atomic mass is 16.3. The molecule has 148 valence electrons. The Balaban J connectivity index is 1.31. The van der Waals surface area contributed by atoms with Gasteiger partial charge in [0, 0.05) is 38.3 Å². The van der Waals surface area contributed by atoms with Gasteiger partial charge in [0.15, 0.2) is 0 Å². The zero-order valence-electron chi connectivity index (χ0n) is 15.8. The molecule has 3 heterocycles. The molecule has 0 aliphatic carbocycles. The van der Waals surface area contributed by atoms with Gasteiger partial charge in [-0.05, 0) is 24.1 Å². The number of carbonyl (C=O) groups is 1. The highest BCUT2D eigenvalue weighted by Gasteiger charge is 2.34. The largest absolute Gasteiger partial charge is 0.390 e. The van der Waals surface area contributed by atoms with E-state index in [9.17, 15) is 9.90 Å². The molecule has 0 spiro atoms. The molecule has 2 unspecified atom stereocenters. The Morgan fingerprint density at radius 1 is 1.21 bits per heavy atom. The normalized spacial score (nSPS) is 28.2. The third-order valence-electron chi connectivity index (χ3n) is 5.62. The molecule has 0 saturated carbocycles. The smallest absolute Gasteiger partial charge is 0.270 e. The summed E-state index contributed by atoms with van der Waals surface area (Å²) >= 11 is 0. The molecule has 4 atom stereocenters. The van der Waals surface area contributed by atoms with Crippen molar-refractivity contribution < 1.29 is 9.90 Å². The van der Waals surface area contributed by atoms with Gasteiger partial charge in [0.1, 0.15) is 5.69 Å². The van der Waals surface area contributed by atoms with Crippen LogP contribution in [0.1, 0.15) is 28.5 Å². The van der Waals surface area contributed by atoms with Gasteiger partial charge in [0.25, 0.3) is 5.91 Å². The van der Waals surface area contributed by atoms with Crippen LogP contribution in [0, 0.1) is 5.92 Å². The summed E-state index contributed by atoms with van der Waals surface area (Å²) in [7, 11) is 0. The zero-order valence-corrected chi connectivity index (χ0v) is 15.8. The van der Waals surface area contributed by atoms with Crippen molar-refractivity contribution in [2.24, 2.45) is 5.92 Å². The van der Waals surface area contributed by atoms with E-state index in [0.717, 1.165) is 26.1 Å². The molecule has 2 aromatic rings. The average molecular weight is 381 g/mol. The lowest BCUT2D eigenvalue weighted by Crippen LogP contribution is -2.55. The maximum Gasteiger partial charge on any atom is 0.270 e. The van der Waals surface area contributed by atoms with Crippen LogP contribution in [0.15, 0.2) is 54.7 Å². The van der Waals surface area contributed by atoms with Gasteiger partial charge >= 0.3 is 0 Å². The molecule has 2 aliphatic rings. The quantitative estimate of drug-likeness (QED) is 0.610. The summed E-state index contributed by atoms with van der Waals surface area (Å²) in [5, 5.41) is 13.5. The van der Waals surface area contributed by atoms with Crippen LogP contribution in [0.2, 0.25) is 0 Å². The number of carbonyl (C=O) groups excluding carboxylic acids is 1. The highest BCUT2D eigenvalue weighted by Crippen LogP contribution is 2.26. The van der Waals surface area contributed by atoms with Crippen molar-refractivity contribution in [3.05, 3.63) is 66.0 Å². The number of β-amino-alcohol motifs (C(OH)–C–C–N with tert-alkyl or cyclic N) is 1. The molecule has 1 amide bonds. The topological polar surface area (TPSA) is 89.5 Å². The summed E-state index contributed by atoms with van der Waals surface area (Å²) < 4.78 is 0. The van der Waals surface area contributed by atoms with Crippen molar-refractivity contribution in [1.82, 2.24) is 26.1 Å². The predicted octanol–water partition coefficient (Wildman–Crippen LogP) is 0.712. The summed E-state index contributed by atoms with van der Waals surface area (Å²) in [5.74, 6) is 0.195. The molecule has 7 heteroatoms. The van der Waals surface area contributed by atoms with Gasteiger partial charge in [0.05, 0.1) is 18.2 Å². The minimum atomic E-state index is -0.584. The van der Waals surface area contributed by atoms with Crippen LogP contribution in [0.5, 0.6) is 0 Å². The number of hydrazine groups is 1. The average Bonchev–Trinajstić information content (AvgIpc) is 3.19. The minimum absolute atomic E-state index is 0.230. The number of likely N-dealkylation sites (tertiary alicyclic amines) is 1. The van der Waals surface area contributed by atoms with E-state index in [1.54, 1.807) is 24.4 Å². The number of nitrogens with one attached hydrogen (secondary N) is 3. The van der Waals surface area contributed by atoms with Crippen LogP contribution in [-0.4, -0.2) is 59.2 Å². The summed E-state index contributed by atoms with van der Waals surface area (Å²) in [4.78, 5) is 18.7. The van der Waals surface area contributed by atoms with E-state index in [1.807, 2.05) is 6.07 Å². The molecular weight excluding hydrogens is 354 g/mol. The minimum Gasteiger partial charge on any atom is -0.390 e. The van der Waals surface area contributed by atoms with E-state index in [1.165, 1.54) is 5.56 Å². The first kappa shape index (κ1) is 19.0. The van der Waals surface area contributed by atoms with Crippen molar-refractivity contribution in [2.45, 2.75) is 24.6 Å². The lowest BCUT2D eigenvalue weighted by molar-refractivity contribution is 0.0318. The number of hydrogen-bond acceptors (Lipinski definition) is 6. The third kappa shape index (κ3) is 4.39. The lowest BCUT2D eigenvalue weighted by atomic mass is 9.93. The number of aliphatic hydroxyl groups excluding tert-OH is 1. The second kappa shape index (κ2) is 8.79. The Kier molecular flexibility index (Phi) is 5.97. The molecule has 1 aromatic heterocycles. The first-order valence-corrected chi connectivity index (χ1v) is 9.86. The van der Waals surface area contributed by atoms with E-state index in [0.29, 0.717) is 18.2 Å². The van der Waals surface area contributed by atoms with Crippen molar-refractivity contribution in [2.75, 3.05) is 26.2 Å². The molecular formula is C21H27N5O2. The molecule has 1 aromatic carbocycles. The van der Waals surface area contributed by atoms with E-state index in [2.05, 4.69) is 50.3 Å². The Morgan fingerprint density at radius 2 is 2.04 bits per heavy atom. The van der Waals surface area contributed by atoms with Gasteiger partial charge in [-0.1, -0.05) is 36.4 Å². The summed E-state index contributed by atoms with van der Waals surface area (Å²) in [6.45, 7) is 3.21. The predicted molar refractivity (Wildman–Crippen MR) is 106 cm³/mol.